The van der Waals surface area contributed by atoms with Gasteiger partial charge in [0.25, 0.3) is 5.91 Å². The summed E-state index contributed by atoms with van der Waals surface area (Å²) in [5.41, 5.74) is 3.82. The molecule has 1 heterocycles. The molecular weight excluding hydrogens is 412 g/mol. The molecule has 7 heteroatoms. The van der Waals surface area contributed by atoms with Crippen LogP contribution in [-0.4, -0.2) is 28.9 Å². The van der Waals surface area contributed by atoms with Crippen LogP contribution in [0.5, 0.6) is 0 Å². The third kappa shape index (κ3) is 4.56. The van der Waals surface area contributed by atoms with E-state index in [1.54, 1.807) is 0 Å². The maximum Gasteiger partial charge on any atom is 0.307 e. The van der Waals surface area contributed by atoms with E-state index in [-0.39, 0.29) is 17.9 Å². The monoisotopic (exact) mass is 444 g/mol. The van der Waals surface area contributed by atoms with E-state index in [1.165, 1.54) is 22.6 Å². The topological polar surface area (TPSA) is 95.5 Å². The fourth-order valence-corrected chi connectivity index (χ4v) is 6.56. The zero-order valence-corrected chi connectivity index (χ0v) is 19.2. The number of carboxylic acid groups (broad SMARTS) is 1. The SMILES string of the molecule is CC1=C(C)C[C@@H](C(=O)Nc2sc3c(c2C(=O)NC2CCCCC2)CCC3)[C@@H](C(=O)O)C1. The first-order chi connectivity index (χ1) is 14.8. The van der Waals surface area contributed by atoms with E-state index in [0.29, 0.717) is 23.4 Å². The molecule has 2 atom stereocenters. The van der Waals surface area contributed by atoms with Crippen molar-refractivity contribution in [3.05, 3.63) is 27.2 Å². The highest BCUT2D eigenvalue weighted by Gasteiger charge is 2.38. The average Bonchev–Trinajstić information content (AvgIpc) is 3.30. The number of aryl methyl sites for hydroxylation is 1. The molecule has 1 aromatic rings. The number of aliphatic carboxylic acids is 1. The number of carbonyl (C=O) groups is 3. The van der Waals surface area contributed by atoms with E-state index >= 15 is 0 Å². The molecule has 0 spiro atoms. The Hall–Kier alpha value is -2.15. The molecule has 1 fully saturated rings. The van der Waals surface area contributed by atoms with Gasteiger partial charge in [-0.15, -0.1) is 11.3 Å². The van der Waals surface area contributed by atoms with Crippen LogP contribution >= 0.6 is 11.3 Å². The standard InChI is InChI=1S/C24H32N2O4S/c1-13-11-17(18(24(29)30)12-14(13)2)21(27)26-23-20(16-9-6-10-19(16)31-23)22(28)25-15-7-4-3-5-8-15/h15,17-18H,3-12H2,1-2H3,(H,25,28)(H,26,27)(H,29,30)/t17-,18+/m1/s1. The molecule has 4 rings (SSSR count). The van der Waals surface area contributed by atoms with Gasteiger partial charge in [0.15, 0.2) is 0 Å². The van der Waals surface area contributed by atoms with Crippen molar-refractivity contribution < 1.29 is 19.5 Å². The molecule has 168 valence electrons. The van der Waals surface area contributed by atoms with Crippen LogP contribution in [0.4, 0.5) is 5.00 Å². The lowest BCUT2D eigenvalue weighted by Crippen LogP contribution is -2.38. The lowest BCUT2D eigenvalue weighted by Gasteiger charge is -2.29. The minimum atomic E-state index is -0.934. The molecular formula is C24H32N2O4S. The first kappa shape index (κ1) is 22.1. The van der Waals surface area contributed by atoms with Crippen molar-refractivity contribution in [2.24, 2.45) is 11.8 Å². The van der Waals surface area contributed by atoms with Crippen molar-refractivity contribution in [2.45, 2.75) is 84.1 Å². The molecule has 31 heavy (non-hydrogen) atoms. The lowest BCUT2D eigenvalue weighted by atomic mass is 9.76. The third-order valence-electron chi connectivity index (χ3n) is 7.25. The van der Waals surface area contributed by atoms with Crippen molar-refractivity contribution in [1.82, 2.24) is 5.32 Å². The highest BCUT2D eigenvalue weighted by Crippen LogP contribution is 2.41. The van der Waals surface area contributed by atoms with E-state index in [4.69, 9.17) is 0 Å². The van der Waals surface area contributed by atoms with Gasteiger partial charge in [-0.1, -0.05) is 30.4 Å². The van der Waals surface area contributed by atoms with Crippen molar-refractivity contribution in [3.63, 3.8) is 0 Å². The Morgan fingerprint density at radius 1 is 0.935 bits per heavy atom. The maximum absolute atomic E-state index is 13.2. The Balaban J connectivity index is 1.56. The summed E-state index contributed by atoms with van der Waals surface area (Å²) in [7, 11) is 0. The van der Waals surface area contributed by atoms with Crippen LogP contribution in [0.15, 0.2) is 11.1 Å². The second-order valence-electron chi connectivity index (χ2n) is 9.38. The van der Waals surface area contributed by atoms with Gasteiger partial charge in [-0.2, -0.15) is 0 Å². The zero-order chi connectivity index (χ0) is 22.1. The molecule has 2 amide bonds. The number of hydrogen-bond donors (Lipinski definition) is 3. The van der Waals surface area contributed by atoms with Crippen molar-refractivity contribution in [1.29, 1.82) is 0 Å². The van der Waals surface area contributed by atoms with Gasteiger partial charge in [-0.3, -0.25) is 14.4 Å². The van der Waals surface area contributed by atoms with Crippen LogP contribution in [0, 0.1) is 11.8 Å². The van der Waals surface area contributed by atoms with Crippen molar-refractivity contribution in [2.75, 3.05) is 5.32 Å². The fraction of sp³-hybridized carbons (Fsp3) is 0.625. The molecule has 0 unspecified atom stereocenters. The molecule has 0 radical (unpaired) electrons. The van der Waals surface area contributed by atoms with E-state index in [9.17, 15) is 19.5 Å². The number of fused-ring (bicyclic) bond motifs is 1. The Kier molecular flexibility index (Phi) is 6.51. The molecule has 0 bridgehead atoms. The van der Waals surface area contributed by atoms with Crippen LogP contribution in [0.25, 0.3) is 0 Å². The van der Waals surface area contributed by atoms with Crippen LogP contribution in [0.3, 0.4) is 0 Å². The van der Waals surface area contributed by atoms with Crippen LogP contribution in [0.2, 0.25) is 0 Å². The zero-order valence-electron chi connectivity index (χ0n) is 18.4. The van der Waals surface area contributed by atoms with Gasteiger partial charge in [0, 0.05) is 10.9 Å². The quantitative estimate of drug-likeness (QED) is 0.574. The fourth-order valence-electron chi connectivity index (χ4n) is 5.27. The summed E-state index contributed by atoms with van der Waals surface area (Å²) in [6, 6.07) is 0.201. The largest absolute Gasteiger partial charge is 0.481 e. The molecule has 1 saturated carbocycles. The van der Waals surface area contributed by atoms with Gasteiger partial charge in [0.05, 0.1) is 17.4 Å². The van der Waals surface area contributed by atoms with E-state index in [0.717, 1.165) is 61.7 Å². The predicted octanol–water partition coefficient (Wildman–Crippen LogP) is 4.69. The molecule has 0 saturated heterocycles. The van der Waals surface area contributed by atoms with Gasteiger partial charge < -0.3 is 15.7 Å². The Labute approximate surface area is 187 Å². The van der Waals surface area contributed by atoms with E-state index in [1.807, 2.05) is 13.8 Å². The predicted molar refractivity (Wildman–Crippen MR) is 122 cm³/mol. The van der Waals surface area contributed by atoms with E-state index < -0.39 is 17.8 Å². The lowest BCUT2D eigenvalue weighted by molar-refractivity contribution is -0.146. The number of hydrogen-bond acceptors (Lipinski definition) is 4. The number of allylic oxidation sites excluding steroid dienone is 2. The Bertz CT molecular complexity index is 926. The van der Waals surface area contributed by atoms with Gasteiger partial charge in [-0.25, -0.2) is 0 Å². The Morgan fingerprint density at radius 2 is 1.61 bits per heavy atom. The molecule has 0 aromatic carbocycles. The van der Waals surface area contributed by atoms with Gasteiger partial charge in [0.1, 0.15) is 5.00 Å². The summed E-state index contributed by atoms with van der Waals surface area (Å²) in [6.45, 7) is 3.91. The number of anilines is 1. The first-order valence-electron chi connectivity index (χ1n) is 11.5. The van der Waals surface area contributed by atoms with Crippen LogP contribution < -0.4 is 10.6 Å². The smallest absolute Gasteiger partial charge is 0.307 e. The highest BCUT2D eigenvalue weighted by atomic mass is 32.1. The Morgan fingerprint density at radius 3 is 2.29 bits per heavy atom. The minimum absolute atomic E-state index is 0.0908. The summed E-state index contributed by atoms with van der Waals surface area (Å²) in [6.07, 6.45) is 9.19. The normalized spacial score (nSPS) is 24.1. The number of rotatable bonds is 5. The maximum atomic E-state index is 13.2. The van der Waals surface area contributed by atoms with Gasteiger partial charge in [-0.05, 0) is 64.4 Å². The number of amides is 2. The summed E-state index contributed by atoms with van der Waals surface area (Å²) in [5, 5.41) is 16.5. The summed E-state index contributed by atoms with van der Waals surface area (Å²) in [4.78, 5) is 39.4. The van der Waals surface area contributed by atoms with Gasteiger partial charge in [0.2, 0.25) is 5.91 Å². The first-order valence-corrected chi connectivity index (χ1v) is 12.3. The molecule has 1 aromatic heterocycles. The molecule has 6 nitrogen and oxygen atoms in total. The highest BCUT2D eigenvalue weighted by molar-refractivity contribution is 7.17. The molecule has 3 aliphatic rings. The third-order valence-corrected chi connectivity index (χ3v) is 8.45. The summed E-state index contributed by atoms with van der Waals surface area (Å²) < 4.78 is 0. The van der Waals surface area contributed by atoms with Crippen LogP contribution in [0.1, 0.15) is 86.0 Å². The molecule has 3 N–H and O–H groups in total. The van der Waals surface area contributed by atoms with Gasteiger partial charge >= 0.3 is 5.97 Å². The second kappa shape index (κ2) is 9.15. The van der Waals surface area contributed by atoms with E-state index in [2.05, 4.69) is 10.6 Å². The number of nitrogens with one attached hydrogen (secondary N) is 2. The minimum Gasteiger partial charge on any atom is -0.481 e. The second-order valence-corrected chi connectivity index (χ2v) is 10.5. The number of thiophene rings is 1. The van der Waals surface area contributed by atoms with Crippen molar-refractivity contribution in [3.8, 4) is 0 Å². The van der Waals surface area contributed by atoms with Crippen LogP contribution in [-0.2, 0) is 22.4 Å². The molecule has 3 aliphatic carbocycles. The average molecular weight is 445 g/mol. The summed E-state index contributed by atoms with van der Waals surface area (Å²) >= 11 is 1.49. The number of carbonyl (C=O) groups excluding carboxylic acids is 2. The van der Waals surface area contributed by atoms with Crippen molar-refractivity contribution >= 4 is 34.1 Å². The summed E-state index contributed by atoms with van der Waals surface area (Å²) in [5.74, 6) is -2.66. The number of carboxylic acids is 1. The molecule has 0 aliphatic heterocycles.